The second-order valence-corrected chi connectivity index (χ2v) is 12.9. The Balaban J connectivity index is 2.31. The molecule has 12 heteroatoms. The Bertz CT molecular complexity index is 1420. The molecule has 0 radical (unpaired) electrons. The zero-order chi connectivity index (χ0) is 35.3. The van der Waals surface area contributed by atoms with Gasteiger partial charge in [-0.15, -0.1) is 0 Å². The first-order valence-electron chi connectivity index (χ1n) is 15.7. The summed E-state index contributed by atoms with van der Waals surface area (Å²) in [5.74, 6) is -6.60. The number of rotatable bonds is 7. The van der Waals surface area contributed by atoms with Crippen LogP contribution in [0.4, 0.5) is 0 Å². The number of carbonyl (C=O) groups excluding carboxylic acids is 6. The number of allylic oxidation sites excluding steroid dienone is 1. The van der Waals surface area contributed by atoms with Crippen LogP contribution in [0.2, 0.25) is 0 Å². The molecule has 1 saturated carbocycles. The summed E-state index contributed by atoms with van der Waals surface area (Å²) in [7, 11) is 0. The Kier molecular flexibility index (Phi) is 11.9. The van der Waals surface area contributed by atoms with Crippen LogP contribution in [0.15, 0.2) is 48.8 Å². The van der Waals surface area contributed by atoms with Gasteiger partial charge in [-0.05, 0) is 23.6 Å². The van der Waals surface area contributed by atoms with Crippen molar-refractivity contribution < 1.29 is 52.5 Å². The van der Waals surface area contributed by atoms with E-state index in [0.717, 1.165) is 0 Å². The average Bonchev–Trinajstić information content (AvgIpc) is 3.25. The Labute approximate surface area is 275 Å². The first-order chi connectivity index (χ1) is 21.9. The number of ether oxygens (including phenoxy) is 5. The van der Waals surface area contributed by atoms with Crippen LogP contribution < -0.4 is 0 Å². The highest BCUT2D eigenvalue weighted by Gasteiger charge is 2.65. The fourth-order valence-corrected chi connectivity index (χ4v) is 6.59. The van der Waals surface area contributed by atoms with Crippen molar-refractivity contribution in [3.63, 3.8) is 0 Å². The number of hydrogen-bond acceptors (Lipinski definition) is 12. The normalized spacial score (nSPS) is 30.5. The Morgan fingerprint density at radius 3 is 2.19 bits per heavy atom. The number of carbonyl (C=O) groups is 6. The van der Waals surface area contributed by atoms with Crippen LogP contribution in [-0.4, -0.2) is 70.6 Å². The molecule has 3 rings (SSSR count). The van der Waals surface area contributed by atoms with Crippen molar-refractivity contribution in [2.45, 2.75) is 105 Å². The van der Waals surface area contributed by atoms with E-state index in [1.807, 2.05) is 0 Å². The Morgan fingerprint density at radius 1 is 0.979 bits per heavy atom. The summed E-state index contributed by atoms with van der Waals surface area (Å²) in [6.07, 6.45) is 1.23. The van der Waals surface area contributed by atoms with Crippen LogP contribution >= 0.6 is 0 Å². The van der Waals surface area contributed by atoms with Crippen LogP contribution in [0.25, 0.3) is 0 Å². The molecular weight excluding hydrogens is 610 g/mol. The minimum Gasteiger partial charge on any atom is -0.461 e. The summed E-state index contributed by atoms with van der Waals surface area (Å²) >= 11 is 0. The zero-order valence-electron chi connectivity index (χ0n) is 28.3. The molecule has 0 aromatic carbocycles. The van der Waals surface area contributed by atoms with Gasteiger partial charge in [0.25, 0.3) is 0 Å². The van der Waals surface area contributed by atoms with E-state index >= 15 is 0 Å². The Morgan fingerprint density at radius 2 is 1.64 bits per heavy atom. The van der Waals surface area contributed by atoms with Crippen molar-refractivity contribution in [1.29, 1.82) is 0 Å². The maximum absolute atomic E-state index is 14.5. The van der Waals surface area contributed by atoms with Crippen LogP contribution in [-0.2, 0) is 47.7 Å². The van der Waals surface area contributed by atoms with E-state index in [0.29, 0.717) is 0 Å². The lowest BCUT2D eigenvalue weighted by Gasteiger charge is -2.42. The molecule has 1 aromatic rings. The second kappa shape index (κ2) is 15.0. The fraction of sp³-hybridized carbons (Fsp3) is 0.571. The molecule has 1 fully saturated rings. The van der Waals surface area contributed by atoms with Gasteiger partial charge in [0.2, 0.25) is 0 Å². The van der Waals surface area contributed by atoms with Gasteiger partial charge in [-0.1, -0.05) is 53.3 Å². The first-order valence-corrected chi connectivity index (χ1v) is 15.7. The third-order valence-corrected chi connectivity index (χ3v) is 8.61. The number of fused-ring (bicyclic) bond motifs is 1. The molecule has 0 saturated heterocycles. The van der Waals surface area contributed by atoms with Gasteiger partial charge < -0.3 is 23.7 Å². The number of pyridine rings is 1. The molecule has 2 aliphatic rings. The summed E-state index contributed by atoms with van der Waals surface area (Å²) < 4.78 is 29.4. The molecule has 1 aromatic heterocycles. The van der Waals surface area contributed by atoms with Gasteiger partial charge in [-0.25, -0.2) is 4.79 Å². The smallest absolute Gasteiger partial charge is 0.340 e. The number of Topliss-reactive ketones (excluding diaryl/α,β-unsaturated/α-hetero) is 1. The van der Waals surface area contributed by atoms with Crippen LogP contribution in [0.3, 0.4) is 0 Å². The number of ketones is 1. The van der Waals surface area contributed by atoms with Gasteiger partial charge in [-0.3, -0.25) is 29.0 Å². The van der Waals surface area contributed by atoms with Gasteiger partial charge in [0, 0.05) is 63.8 Å². The molecule has 8 atom stereocenters. The van der Waals surface area contributed by atoms with Crippen molar-refractivity contribution in [3.05, 3.63) is 54.4 Å². The molecule has 256 valence electrons. The van der Waals surface area contributed by atoms with Crippen LogP contribution in [0, 0.1) is 23.2 Å². The quantitative estimate of drug-likeness (QED) is 0.230. The second-order valence-electron chi connectivity index (χ2n) is 12.9. The molecule has 1 heterocycles. The standard InChI is InChI=1S/C35H45NO11/c1-10-27(40)45-30-21(4)17-35(47-24(7)39)28(30)29(44-23(6)38)20(3)16-26(43-22(5)37)32(34(8,9)14-13-19(2)31(35)41)46-33(42)25-12-11-15-36-18-25/h11-15,18-19,21,26,28-30,32H,3,10,16-17H2,1-2,4-9H3/t19-,21-,26?,28-,29-,30-,32+,35+/m0/s1. The molecule has 47 heavy (non-hydrogen) atoms. The lowest BCUT2D eigenvalue weighted by Crippen LogP contribution is -2.56. The average molecular weight is 656 g/mol. The van der Waals surface area contributed by atoms with E-state index in [1.165, 1.54) is 39.2 Å². The summed E-state index contributed by atoms with van der Waals surface area (Å²) in [6, 6.07) is 3.10. The van der Waals surface area contributed by atoms with Crippen molar-refractivity contribution in [1.82, 2.24) is 4.98 Å². The fourth-order valence-electron chi connectivity index (χ4n) is 6.59. The van der Waals surface area contributed by atoms with E-state index in [-0.39, 0.29) is 30.4 Å². The lowest BCUT2D eigenvalue weighted by molar-refractivity contribution is -0.186. The third-order valence-electron chi connectivity index (χ3n) is 8.61. The Hall–Kier alpha value is -4.35. The van der Waals surface area contributed by atoms with E-state index in [1.54, 1.807) is 52.8 Å². The van der Waals surface area contributed by atoms with Crippen molar-refractivity contribution in [2.24, 2.45) is 23.2 Å². The molecule has 0 bridgehead atoms. The molecule has 0 aliphatic heterocycles. The highest BCUT2D eigenvalue weighted by molar-refractivity contribution is 5.93. The zero-order valence-corrected chi connectivity index (χ0v) is 28.3. The van der Waals surface area contributed by atoms with E-state index in [2.05, 4.69) is 11.6 Å². The molecule has 0 amide bonds. The van der Waals surface area contributed by atoms with Gasteiger partial charge in [-0.2, -0.15) is 0 Å². The van der Waals surface area contributed by atoms with Crippen molar-refractivity contribution in [3.8, 4) is 0 Å². The monoisotopic (exact) mass is 655 g/mol. The third kappa shape index (κ3) is 8.52. The maximum atomic E-state index is 14.5. The minimum atomic E-state index is -1.89. The predicted octanol–water partition coefficient (Wildman–Crippen LogP) is 4.50. The van der Waals surface area contributed by atoms with Crippen LogP contribution in [0.1, 0.15) is 85.0 Å². The first kappa shape index (κ1) is 37.1. The highest BCUT2D eigenvalue weighted by atomic mass is 16.6. The summed E-state index contributed by atoms with van der Waals surface area (Å²) in [6.45, 7) is 16.2. The molecule has 0 N–H and O–H groups in total. The van der Waals surface area contributed by atoms with E-state index in [4.69, 9.17) is 23.7 Å². The SMILES string of the molecule is C=C1CC(OC(C)=O)[C@@H](OC(=O)c2cccnc2)C(C)(C)C=C[C@H](C)C(=O)[C@@]2(OC(C)=O)C[C@H](C)[C@H](OC(=O)CC)[C@@H]2[C@H]1OC(C)=O. The molecule has 12 nitrogen and oxygen atoms in total. The number of nitrogens with zero attached hydrogens (tertiary/aromatic N) is 1. The van der Waals surface area contributed by atoms with Gasteiger partial charge in [0.15, 0.2) is 11.4 Å². The molecule has 2 aliphatic carbocycles. The summed E-state index contributed by atoms with van der Waals surface area (Å²) in [5, 5.41) is 0. The van der Waals surface area contributed by atoms with Gasteiger partial charge in [0.1, 0.15) is 24.4 Å². The van der Waals surface area contributed by atoms with Crippen molar-refractivity contribution >= 4 is 35.6 Å². The summed E-state index contributed by atoms with van der Waals surface area (Å²) in [4.78, 5) is 82.4. The number of aromatic nitrogens is 1. The molecule has 0 spiro atoms. The maximum Gasteiger partial charge on any atom is 0.340 e. The number of esters is 5. The van der Waals surface area contributed by atoms with E-state index in [9.17, 15) is 28.8 Å². The molecular formula is C35H45NO11. The van der Waals surface area contributed by atoms with Gasteiger partial charge in [0.05, 0.1) is 11.5 Å². The highest BCUT2D eigenvalue weighted by Crippen LogP contribution is 2.51. The largest absolute Gasteiger partial charge is 0.461 e. The molecule has 1 unspecified atom stereocenters. The number of hydrogen-bond donors (Lipinski definition) is 0. The van der Waals surface area contributed by atoms with Crippen molar-refractivity contribution in [2.75, 3.05) is 0 Å². The predicted molar refractivity (Wildman–Crippen MR) is 167 cm³/mol. The summed E-state index contributed by atoms with van der Waals surface area (Å²) in [5.41, 5.74) is -2.63. The van der Waals surface area contributed by atoms with Crippen LogP contribution in [0.5, 0.6) is 0 Å². The topological polar surface area (TPSA) is 161 Å². The van der Waals surface area contributed by atoms with E-state index < -0.39 is 88.8 Å². The minimum absolute atomic E-state index is 0.0242. The lowest BCUT2D eigenvalue weighted by atomic mass is 9.72. The van der Waals surface area contributed by atoms with Gasteiger partial charge >= 0.3 is 29.8 Å².